The van der Waals surface area contributed by atoms with E-state index in [1.165, 1.54) is 0 Å². The van der Waals surface area contributed by atoms with Crippen LogP contribution in [0.15, 0.2) is 23.1 Å². The number of ether oxygens (including phenoxy) is 1. The Hall–Kier alpha value is -0.960. The maximum Gasteiger partial charge on any atom is 0.338 e. The topological polar surface area (TPSA) is 26.3 Å². The van der Waals surface area contributed by atoms with Crippen LogP contribution in [0.5, 0.6) is 0 Å². The van der Waals surface area contributed by atoms with E-state index in [1.807, 2.05) is 38.3 Å². The lowest BCUT2D eigenvalue weighted by molar-refractivity contribution is 0.0525. The molecular formula is C11H14O2S. The number of esters is 1. The quantitative estimate of drug-likeness (QED) is 0.567. The zero-order valence-electron chi connectivity index (χ0n) is 8.66. The molecule has 0 saturated carbocycles. The van der Waals surface area contributed by atoms with E-state index in [4.69, 9.17) is 4.74 Å². The van der Waals surface area contributed by atoms with E-state index in [2.05, 4.69) is 0 Å². The summed E-state index contributed by atoms with van der Waals surface area (Å²) in [6.45, 7) is 4.14. The van der Waals surface area contributed by atoms with Gasteiger partial charge in [0.2, 0.25) is 0 Å². The Morgan fingerprint density at radius 1 is 1.50 bits per heavy atom. The minimum Gasteiger partial charge on any atom is -0.462 e. The van der Waals surface area contributed by atoms with Gasteiger partial charge in [-0.15, -0.1) is 11.8 Å². The molecule has 2 nitrogen and oxygen atoms in total. The molecule has 0 atom stereocenters. The van der Waals surface area contributed by atoms with Gasteiger partial charge in [0.15, 0.2) is 0 Å². The van der Waals surface area contributed by atoms with Gasteiger partial charge in [-0.1, -0.05) is 6.07 Å². The number of hydrogen-bond donors (Lipinski definition) is 0. The number of carbonyl (C=O) groups is 1. The van der Waals surface area contributed by atoms with Gasteiger partial charge >= 0.3 is 5.97 Å². The maximum atomic E-state index is 11.5. The summed E-state index contributed by atoms with van der Waals surface area (Å²) in [5.41, 5.74) is 1.62. The van der Waals surface area contributed by atoms with E-state index in [-0.39, 0.29) is 5.97 Å². The van der Waals surface area contributed by atoms with Gasteiger partial charge in [-0.05, 0) is 37.8 Å². The number of aryl methyl sites for hydroxylation is 1. The molecule has 0 aliphatic rings. The van der Waals surface area contributed by atoms with E-state index < -0.39 is 0 Å². The summed E-state index contributed by atoms with van der Waals surface area (Å²) in [5.74, 6) is -0.235. The Labute approximate surface area is 88.7 Å². The van der Waals surface area contributed by atoms with Crippen LogP contribution in [0.4, 0.5) is 0 Å². The van der Waals surface area contributed by atoms with Crippen LogP contribution in [0.3, 0.4) is 0 Å². The van der Waals surface area contributed by atoms with Gasteiger partial charge < -0.3 is 4.74 Å². The van der Waals surface area contributed by atoms with Crippen LogP contribution in [0, 0.1) is 6.92 Å². The van der Waals surface area contributed by atoms with Gasteiger partial charge in [-0.2, -0.15) is 0 Å². The highest BCUT2D eigenvalue weighted by molar-refractivity contribution is 7.98. The summed E-state index contributed by atoms with van der Waals surface area (Å²) in [6, 6.07) is 5.82. The average molecular weight is 210 g/mol. The molecule has 0 heterocycles. The number of carbonyl (C=O) groups excluding carboxylic acids is 1. The number of benzene rings is 1. The van der Waals surface area contributed by atoms with E-state index in [0.717, 1.165) is 10.5 Å². The van der Waals surface area contributed by atoms with Crippen LogP contribution in [0.25, 0.3) is 0 Å². The summed E-state index contributed by atoms with van der Waals surface area (Å²) >= 11 is 1.62. The summed E-state index contributed by atoms with van der Waals surface area (Å²) in [4.78, 5) is 12.6. The zero-order valence-corrected chi connectivity index (χ0v) is 9.48. The number of rotatable bonds is 3. The third-order valence-electron chi connectivity index (χ3n) is 1.94. The molecule has 0 saturated heterocycles. The molecule has 0 aliphatic heterocycles. The minimum absolute atomic E-state index is 0.235. The predicted molar refractivity (Wildman–Crippen MR) is 58.9 cm³/mol. The molecule has 0 N–H and O–H groups in total. The molecule has 0 amide bonds. The highest BCUT2D eigenvalue weighted by Gasteiger charge is 2.09. The molecule has 0 fully saturated rings. The maximum absolute atomic E-state index is 11.5. The van der Waals surface area contributed by atoms with Crippen LogP contribution in [0.2, 0.25) is 0 Å². The van der Waals surface area contributed by atoms with Crippen molar-refractivity contribution in [3.8, 4) is 0 Å². The van der Waals surface area contributed by atoms with Crippen molar-refractivity contribution in [1.82, 2.24) is 0 Å². The summed E-state index contributed by atoms with van der Waals surface area (Å²) in [7, 11) is 0. The monoisotopic (exact) mass is 210 g/mol. The highest BCUT2D eigenvalue weighted by Crippen LogP contribution is 2.19. The van der Waals surface area contributed by atoms with Crippen molar-refractivity contribution in [2.75, 3.05) is 12.9 Å². The van der Waals surface area contributed by atoms with Crippen LogP contribution in [0.1, 0.15) is 22.8 Å². The Balaban J connectivity index is 2.99. The van der Waals surface area contributed by atoms with E-state index in [1.54, 1.807) is 11.8 Å². The highest BCUT2D eigenvalue weighted by atomic mass is 32.2. The van der Waals surface area contributed by atoms with Gasteiger partial charge in [0, 0.05) is 4.90 Å². The van der Waals surface area contributed by atoms with E-state index >= 15 is 0 Å². The Morgan fingerprint density at radius 2 is 2.21 bits per heavy atom. The molecule has 0 unspecified atom stereocenters. The van der Waals surface area contributed by atoms with Crippen molar-refractivity contribution < 1.29 is 9.53 Å². The van der Waals surface area contributed by atoms with Crippen LogP contribution in [-0.2, 0) is 4.74 Å². The Kier molecular flexibility index (Phi) is 4.01. The summed E-state index contributed by atoms with van der Waals surface area (Å²) < 4.78 is 4.96. The molecule has 0 radical (unpaired) electrons. The average Bonchev–Trinajstić information content (AvgIpc) is 2.19. The fourth-order valence-electron chi connectivity index (χ4n) is 1.16. The van der Waals surface area contributed by atoms with Crippen molar-refractivity contribution >= 4 is 17.7 Å². The molecule has 3 heteroatoms. The number of hydrogen-bond acceptors (Lipinski definition) is 3. The van der Waals surface area contributed by atoms with Gasteiger partial charge in [-0.3, -0.25) is 0 Å². The lowest BCUT2D eigenvalue weighted by atomic mass is 10.1. The molecule has 0 aromatic heterocycles. The third-order valence-corrected chi connectivity index (χ3v) is 2.67. The molecule has 0 spiro atoms. The van der Waals surface area contributed by atoms with Crippen molar-refractivity contribution in [2.24, 2.45) is 0 Å². The molecule has 1 aromatic rings. The predicted octanol–water partition coefficient (Wildman–Crippen LogP) is 2.89. The van der Waals surface area contributed by atoms with Gasteiger partial charge in [0.05, 0.1) is 12.2 Å². The van der Waals surface area contributed by atoms with Crippen molar-refractivity contribution in [3.63, 3.8) is 0 Å². The Morgan fingerprint density at radius 3 is 2.79 bits per heavy atom. The van der Waals surface area contributed by atoms with Crippen molar-refractivity contribution in [2.45, 2.75) is 18.7 Å². The lowest BCUT2D eigenvalue weighted by Crippen LogP contribution is -2.06. The van der Waals surface area contributed by atoms with E-state index in [9.17, 15) is 4.79 Å². The smallest absolute Gasteiger partial charge is 0.338 e. The first-order valence-electron chi connectivity index (χ1n) is 4.50. The van der Waals surface area contributed by atoms with Gasteiger partial charge in [0.25, 0.3) is 0 Å². The molecule has 0 aliphatic carbocycles. The second-order valence-corrected chi connectivity index (χ2v) is 3.78. The largest absolute Gasteiger partial charge is 0.462 e. The Bertz CT molecular complexity index is 334. The van der Waals surface area contributed by atoms with Crippen molar-refractivity contribution in [1.29, 1.82) is 0 Å². The van der Waals surface area contributed by atoms with Crippen molar-refractivity contribution in [3.05, 3.63) is 29.3 Å². The molecule has 0 bridgehead atoms. The summed E-state index contributed by atoms with van der Waals surface area (Å²) in [6.07, 6.45) is 1.99. The minimum atomic E-state index is -0.235. The molecule has 1 aromatic carbocycles. The van der Waals surface area contributed by atoms with Crippen LogP contribution >= 0.6 is 11.8 Å². The first-order valence-corrected chi connectivity index (χ1v) is 5.73. The zero-order chi connectivity index (χ0) is 10.6. The molecule has 76 valence electrons. The first-order chi connectivity index (χ1) is 6.69. The molecular weight excluding hydrogens is 196 g/mol. The lowest BCUT2D eigenvalue weighted by Gasteiger charge is -2.06. The summed E-state index contributed by atoms with van der Waals surface area (Å²) in [5, 5.41) is 0. The van der Waals surface area contributed by atoms with Gasteiger partial charge in [0.1, 0.15) is 0 Å². The normalized spacial score (nSPS) is 9.93. The fourth-order valence-corrected chi connectivity index (χ4v) is 1.60. The van der Waals surface area contributed by atoms with Gasteiger partial charge in [-0.25, -0.2) is 4.79 Å². The molecule has 14 heavy (non-hydrogen) atoms. The fraction of sp³-hybridized carbons (Fsp3) is 0.364. The second kappa shape index (κ2) is 5.05. The second-order valence-electron chi connectivity index (χ2n) is 2.90. The van der Waals surface area contributed by atoms with E-state index in [0.29, 0.717) is 12.2 Å². The number of thioether (sulfide) groups is 1. The van der Waals surface area contributed by atoms with Crippen LogP contribution in [-0.4, -0.2) is 18.8 Å². The van der Waals surface area contributed by atoms with Crippen LogP contribution < -0.4 is 0 Å². The third kappa shape index (κ3) is 2.51. The molecule has 1 rings (SSSR count). The SMILES string of the molecule is CCOC(=O)c1cc(SC)ccc1C. The standard InChI is InChI=1S/C11H14O2S/c1-4-13-11(12)10-7-9(14-3)6-5-8(10)2/h5-7H,4H2,1-3H3. The first kappa shape index (κ1) is 11.1.